The molecule has 0 aliphatic carbocycles. The third-order valence-electron chi connectivity index (χ3n) is 5.09. The number of rotatable bonds is 6. The molecule has 29 heavy (non-hydrogen) atoms. The molecule has 4 aromatic carbocycles. The Hall–Kier alpha value is -2.93. The van der Waals surface area contributed by atoms with Crippen molar-refractivity contribution in [2.75, 3.05) is 0 Å². The summed E-state index contributed by atoms with van der Waals surface area (Å²) in [5.74, 6) is 0. The van der Waals surface area contributed by atoms with Gasteiger partial charge in [-0.05, 0) is 42.3 Å². The fourth-order valence-corrected chi connectivity index (χ4v) is 5.94. The highest BCUT2D eigenvalue weighted by Crippen LogP contribution is 2.43. The summed E-state index contributed by atoms with van der Waals surface area (Å²) in [6.07, 6.45) is 0. The van der Waals surface area contributed by atoms with Gasteiger partial charge in [0.15, 0.2) is 0 Å². The lowest BCUT2D eigenvalue weighted by atomic mass is 9.99. The lowest BCUT2D eigenvalue weighted by Crippen LogP contribution is -2.31. The van der Waals surface area contributed by atoms with E-state index in [1.807, 2.05) is 78.9 Å². The Bertz CT molecular complexity index is 1050. The van der Waals surface area contributed by atoms with E-state index < -0.39 is 7.29 Å². The van der Waals surface area contributed by atoms with Gasteiger partial charge < -0.3 is 0 Å². The van der Waals surface area contributed by atoms with Gasteiger partial charge in [0, 0.05) is 10.6 Å². The molecule has 2 nitrogen and oxygen atoms in total. The highest BCUT2D eigenvalue weighted by molar-refractivity contribution is 7.76. The highest BCUT2D eigenvalue weighted by atomic mass is 31.2. The van der Waals surface area contributed by atoms with Crippen molar-refractivity contribution in [3.8, 4) is 0 Å². The summed E-state index contributed by atoms with van der Waals surface area (Å²) in [5, 5.41) is 5.18. The number of benzene rings is 4. The van der Waals surface area contributed by atoms with Crippen molar-refractivity contribution in [2.45, 2.75) is 13.0 Å². The summed E-state index contributed by atoms with van der Waals surface area (Å²) in [4.78, 5) is 0. The zero-order valence-electron chi connectivity index (χ0n) is 16.4. The van der Waals surface area contributed by atoms with Gasteiger partial charge in [-0.1, -0.05) is 96.6 Å². The second-order valence-electron chi connectivity index (χ2n) is 7.16. The van der Waals surface area contributed by atoms with Crippen LogP contribution in [-0.2, 0) is 4.57 Å². The summed E-state index contributed by atoms with van der Waals surface area (Å²) < 4.78 is 14.5. The maximum absolute atomic E-state index is 14.5. The van der Waals surface area contributed by atoms with Gasteiger partial charge in [-0.3, -0.25) is 4.57 Å². The minimum absolute atomic E-state index is 0.192. The van der Waals surface area contributed by atoms with Crippen molar-refractivity contribution in [3.05, 3.63) is 132 Å². The van der Waals surface area contributed by atoms with Crippen molar-refractivity contribution in [1.82, 2.24) is 5.09 Å². The van der Waals surface area contributed by atoms with E-state index in [9.17, 15) is 4.57 Å². The van der Waals surface area contributed by atoms with Crippen LogP contribution in [0.15, 0.2) is 115 Å². The van der Waals surface area contributed by atoms with Crippen LogP contribution in [0.1, 0.15) is 22.7 Å². The van der Waals surface area contributed by atoms with Gasteiger partial charge in [0.2, 0.25) is 7.29 Å². The molecule has 0 aromatic heterocycles. The van der Waals surface area contributed by atoms with Gasteiger partial charge in [-0.15, -0.1) is 0 Å². The predicted octanol–water partition coefficient (Wildman–Crippen LogP) is 5.60. The lowest BCUT2D eigenvalue weighted by Gasteiger charge is -2.28. The van der Waals surface area contributed by atoms with Gasteiger partial charge >= 0.3 is 0 Å². The fraction of sp³-hybridized carbons (Fsp3) is 0.0769. The molecule has 1 atom stereocenters. The normalized spacial score (nSPS) is 12.4. The van der Waals surface area contributed by atoms with Crippen molar-refractivity contribution in [3.63, 3.8) is 0 Å². The molecule has 3 heteroatoms. The van der Waals surface area contributed by atoms with E-state index in [-0.39, 0.29) is 6.04 Å². The first-order valence-corrected chi connectivity index (χ1v) is 11.5. The quantitative estimate of drug-likeness (QED) is 0.429. The van der Waals surface area contributed by atoms with Crippen LogP contribution in [0.25, 0.3) is 0 Å². The Morgan fingerprint density at radius 2 is 1.00 bits per heavy atom. The fourth-order valence-electron chi connectivity index (χ4n) is 3.50. The van der Waals surface area contributed by atoms with Crippen molar-refractivity contribution in [1.29, 1.82) is 0 Å². The molecular formula is C26H24NOP. The maximum atomic E-state index is 14.5. The minimum Gasteiger partial charge on any atom is -0.296 e. The van der Waals surface area contributed by atoms with E-state index in [1.54, 1.807) is 0 Å². The third kappa shape index (κ3) is 4.24. The molecule has 144 valence electrons. The first-order chi connectivity index (χ1) is 14.2. The van der Waals surface area contributed by atoms with Gasteiger partial charge in [-0.25, -0.2) is 5.09 Å². The van der Waals surface area contributed by atoms with Gasteiger partial charge in [-0.2, -0.15) is 0 Å². The molecule has 1 N–H and O–H groups in total. The predicted molar refractivity (Wildman–Crippen MR) is 122 cm³/mol. The van der Waals surface area contributed by atoms with E-state index in [2.05, 4.69) is 48.4 Å². The van der Waals surface area contributed by atoms with Gasteiger partial charge in [0.05, 0.1) is 6.04 Å². The molecule has 0 aliphatic heterocycles. The molecule has 0 fully saturated rings. The zero-order chi connectivity index (χ0) is 20.1. The SMILES string of the molecule is Cc1ccc([C@@H](NP(=O)(c2ccccc2)c2ccccc2)c2ccccc2)cc1. The largest absolute Gasteiger partial charge is 0.296 e. The van der Waals surface area contributed by atoms with Crippen molar-refractivity contribution in [2.24, 2.45) is 0 Å². The summed E-state index contributed by atoms with van der Waals surface area (Å²) in [6, 6.07) is 37.9. The second kappa shape index (κ2) is 8.61. The molecular weight excluding hydrogens is 373 g/mol. The number of hydrogen-bond donors (Lipinski definition) is 1. The van der Waals surface area contributed by atoms with E-state index in [0.29, 0.717) is 0 Å². The van der Waals surface area contributed by atoms with Crippen LogP contribution in [0.5, 0.6) is 0 Å². The molecule has 0 saturated heterocycles. The smallest absolute Gasteiger partial charge is 0.205 e. The van der Waals surface area contributed by atoms with Crippen LogP contribution in [-0.4, -0.2) is 0 Å². The molecule has 0 saturated carbocycles. The average molecular weight is 397 g/mol. The maximum Gasteiger partial charge on any atom is 0.205 e. The molecule has 0 spiro atoms. The summed E-state index contributed by atoms with van der Waals surface area (Å²) >= 11 is 0. The third-order valence-corrected chi connectivity index (χ3v) is 7.77. The Balaban J connectivity index is 1.85. The summed E-state index contributed by atoms with van der Waals surface area (Å²) in [6.45, 7) is 2.08. The van der Waals surface area contributed by atoms with Gasteiger partial charge in [0.25, 0.3) is 0 Å². The van der Waals surface area contributed by atoms with E-state index in [0.717, 1.165) is 21.7 Å². The Morgan fingerprint density at radius 1 is 0.586 bits per heavy atom. The molecule has 0 amide bonds. The summed E-state index contributed by atoms with van der Waals surface area (Å²) in [7, 11) is -3.07. The lowest BCUT2D eigenvalue weighted by molar-refractivity contribution is 0.572. The monoisotopic (exact) mass is 397 g/mol. The van der Waals surface area contributed by atoms with Crippen LogP contribution in [0, 0.1) is 6.92 Å². The average Bonchev–Trinajstić information content (AvgIpc) is 2.80. The number of hydrogen-bond acceptors (Lipinski definition) is 1. The van der Waals surface area contributed by atoms with E-state index >= 15 is 0 Å². The molecule has 0 heterocycles. The number of aryl methyl sites for hydroxylation is 1. The van der Waals surface area contributed by atoms with Crippen LogP contribution in [0.3, 0.4) is 0 Å². The highest BCUT2D eigenvalue weighted by Gasteiger charge is 2.31. The zero-order valence-corrected chi connectivity index (χ0v) is 17.3. The van der Waals surface area contributed by atoms with Crippen molar-refractivity contribution >= 4 is 17.9 Å². The van der Waals surface area contributed by atoms with Crippen LogP contribution < -0.4 is 15.7 Å². The first kappa shape index (κ1) is 19.4. The Kier molecular flexibility index (Phi) is 5.76. The molecule has 0 unspecified atom stereocenters. The number of nitrogens with one attached hydrogen (secondary N) is 1. The topological polar surface area (TPSA) is 29.1 Å². The molecule has 4 aromatic rings. The van der Waals surface area contributed by atoms with Gasteiger partial charge in [0.1, 0.15) is 0 Å². The first-order valence-electron chi connectivity index (χ1n) is 9.77. The summed E-state index contributed by atoms with van der Waals surface area (Å²) in [5.41, 5.74) is 3.38. The molecule has 0 radical (unpaired) electrons. The van der Waals surface area contributed by atoms with Crippen LogP contribution in [0.4, 0.5) is 0 Å². The second-order valence-corrected chi connectivity index (χ2v) is 9.67. The Morgan fingerprint density at radius 3 is 1.48 bits per heavy atom. The minimum atomic E-state index is -3.07. The molecule has 0 bridgehead atoms. The molecule has 4 rings (SSSR count). The standard InChI is InChI=1S/C26H24NOP/c1-21-17-19-23(20-18-21)26(22-11-5-2-6-12-22)27-29(28,24-13-7-3-8-14-24)25-15-9-4-10-16-25/h2-20,26H,1H3,(H,27,28)/t26-/m0/s1. The van der Waals surface area contributed by atoms with E-state index in [4.69, 9.17) is 0 Å². The van der Waals surface area contributed by atoms with E-state index in [1.165, 1.54) is 5.56 Å². The van der Waals surface area contributed by atoms with Crippen molar-refractivity contribution < 1.29 is 4.57 Å². The van der Waals surface area contributed by atoms with Crippen LogP contribution in [0.2, 0.25) is 0 Å². The molecule has 0 aliphatic rings. The van der Waals surface area contributed by atoms with Crippen LogP contribution >= 0.6 is 7.29 Å². The Labute approximate surface area is 172 Å².